The van der Waals surface area contributed by atoms with Crippen molar-refractivity contribution < 1.29 is 0 Å². The molecule has 0 unspecified atom stereocenters. The lowest BCUT2D eigenvalue weighted by atomic mass is 10.1. The average Bonchev–Trinajstić information content (AvgIpc) is 2.59. The Kier molecular flexibility index (Phi) is 3.63. The summed E-state index contributed by atoms with van der Waals surface area (Å²) in [6.07, 6.45) is 3.19. The third-order valence-corrected chi connectivity index (χ3v) is 3.73. The van der Waals surface area contributed by atoms with Gasteiger partial charge >= 0.3 is 0 Å². The molecule has 0 bridgehead atoms. The van der Waals surface area contributed by atoms with Gasteiger partial charge in [0, 0.05) is 11.8 Å². The number of hydrogen-bond donors (Lipinski definition) is 0. The molecule has 0 fully saturated rings. The second kappa shape index (κ2) is 4.99. The first-order valence-electron chi connectivity index (χ1n) is 5.46. The molecule has 0 aliphatic rings. The van der Waals surface area contributed by atoms with Gasteiger partial charge in [0.05, 0.1) is 6.54 Å². The van der Waals surface area contributed by atoms with Crippen LogP contribution in [0.15, 0.2) is 30.5 Å². The number of halogens is 1. The van der Waals surface area contributed by atoms with E-state index in [-0.39, 0.29) is 0 Å². The molecule has 2 rings (SSSR count). The summed E-state index contributed by atoms with van der Waals surface area (Å²) in [6, 6.07) is 8.75. The van der Waals surface area contributed by atoms with E-state index in [2.05, 4.69) is 72.0 Å². The highest BCUT2D eigenvalue weighted by molar-refractivity contribution is 14.1. The minimum Gasteiger partial charge on any atom is -0.267 e. The van der Waals surface area contributed by atoms with E-state index in [0.29, 0.717) is 0 Å². The molecular formula is C13H15IN2. The average molecular weight is 326 g/mol. The largest absolute Gasteiger partial charge is 0.267 e. The van der Waals surface area contributed by atoms with E-state index in [1.54, 1.807) is 0 Å². The minimum absolute atomic E-state index is 0.855. The number of hydrogen-bond acceptors (Lipinski definition) is 1. The Hall–Kier alpha value is -0.840. The van der Waals surface area contributed by atoms with Gasteiger partial charge in [-0.15, -0.1) is 0 Å². The molecule has 84 valence electrons. The van der Waals surface area contributed by atoms with E-state index < -0.39 is 0 Å². The standard InChI is InChI=1S/C13H15IN2/c1-3-11-4-6-12(7-5-11)9-16-8-10(2)13(14)15-16/h4-8H,3,9H2,1-2H3. The molecular weight excluding hydrogens is 311 g/mol. The zero-order chi connectivity index (χ0) is 11.5. The SMILES string of the molecule is CCc1ccc(Cn2cc(C)c(I)n2)cc1. The predicted molar refractivity (Wildman–Crippen MR) is 74.6 cm³/mol. The maximum absolute atomic E-state index is 4.45. The fourth-order valence-electron chi connectivity index (χ4n) is 1.65. The number of aryl methyl sites for hydroxylation is 2. The molecule has 0 saturated carbocycles. The van der Waals surface area contributed by atoms with Gasteiger partial charge in [0.15, 0.2) is 0 Å². The molecule has 0 atom stereocenters. The zero-order valence-corrected chi connectivity index (χ0v) is 11.7. The summed E-state index contributed by atoms with van der Waals surface area (Å²) < 4.78 is 3.08. The van der Waals surface area contributed by atoms with Gasteiger partial charge in [-0.1, -0.05) is 31.2 Å². The Morgan fingerprint density at radius 1 is 1.19 bits per heavy atom. The van der Waals surface area contributed by atoms with Crippen molar-refractivity contribution in [2.45, 2.75) is 26.8 Å². The van der Waals surface area contributed by atoms with Crippen molar-refractivity contribution in [3.05, 3.63) is 50.9 Å². The van der Waals surface area contributed by atoms with E-state index in [4.69, 9.17) is 0 Å². The molecule has 1 aromatic carbocycles. The van der Waals surface area contributed by atoms with Crippen LogP contribution in [0.3, 0.4) is 0 Å². The van der Waals surface area contributed by atoms with Gasteiger partial charge < -0.3 is 0 Å². The monoisotopic (exact) mass is 326 g/mol. The van der Waals surface area contributed by atoms with Crippen molar-refractivity contribution in [2.24, 2.45) is 0 Å². The highest BCUT2D eigenvalue weighted by Gasteiger charge is 2.01. The van der Waals surface area contributed by atoms with E-state index in [1.807, 2.05) is 4.68 Å². The fourth-order valence-corrected chi connectivity index (χ4v) is 2.06. The van der Waals surface area contributed by atoms with Crippen molar-refractivity contribution in [3.63, 3.8) is 0 Å². The van der Waals surface area contributed by atoms with Crippen LogP contribution in [-0.4, -0.2) is 9.78 Å². The summed E-state index contributed by atoms with van der Waals surface area (Å²) in [5.74, 6) is 0. The number of nitrogens with zero attached hydrogens (tertiary/aromatic N) is 2. The second-order valence-corrected chi connectivity index (χ2v) is 4.99. The first-order chi connectivity index (χ1) is 7.69. The Labute approximate surface area is 110 Å². The summed E-state index contributed by atoms with van der Waals surface area (Å²) >= 11 is 2.27. The zero-order valence-electron chi connectivity index (χ0n) is 9.57. The Morgan fingerprint density at radius 2 is 1.81 bits per heavy atom. The maximum Gasteiger partial charge on any atom is 0.126 e. The minimum atomic E-state index is 0.855. The third kappa shape index (κ3) is 2.64. The molecule has 2 nitrogen and oxygen atoms in total. The van der Waals surface area contributed by atoms with Crippen LogP contribution in [0.4, 0.5) is 0 Å². The summed E-state index contributed by atoms with van der Waals surface area (Å²) in [4.78, 5) is 0. The van der Waals surface area contributed by atoms with Gasteiger partial charge in [-0.2, -0.15) is 5.10 Å². The Morgan fingerprint density at radius 3 is 2.31 bits per heavy atom. The molecule has 3 heteroatoms. The molecule has 0 amide bonds. The lowest BCUT2D eigenvalue weighted by Gasteiger charge is -2.03. The highest BCUT2D eigenvalue weighted by atomic mass is 127. The molecule has 0 radical (unpaired) electrons. The highest BCUT2D eigenvalue weighted by Crippen LogP contribution is 2.11. The van der Waals surface area contributed by atoms with Gasteiger partial charge in [0.2, 0.25) is 0 Å². The van der Waals surface area contributed by atoms with Crippen molar-refractivity contribution in [3.8, 4) is 0 Å². The second-order valence-electron chi connectivity index (χ2n) is 3.97. The summed E-state index contributed by atoms with van der Waals surface area (Å²) in [5.41, 5.74) is 3.93. The van der Waals surface area contributed by atoms with Crippen LogP contribution in [0, 0.1) is 10.6 Å². The molecule has 2 aromatic rings. The van der Waals surface area contributed by atoms with E-state index in [9.17, 15) is 0 Å². The van der Waals surface area contributed by atoms with Gasteiger partial charge in [0.25, 0.3) is 0 Å². The summed E-state index contributed by atoms with van der Waals surface area (Å²) in [5, 5.41) is 4.45. The Bertz CT molecular complexity index is 452. The summed E-state index contributed by atoms with van der Waals surface area (Å²) in [6.45, 7) is 5.12. The normalized spacial score (nSPS) is 10.7. The van der Waals surface area contributed by atoms with Crippen LogP contribution >= 0.6 is 22.6 Å². The Balaban J connectivity index is 2.14. The van der Waals surface area contributed by atoms with Crippen molar-refractivity contribution in [1.29, 1.82) is 0 Å². The first-order valence-corrected chi connectivity index (χ1v) is 6.54. The van der Waals surface area contributed by atoms with Crippen LogP contribution in [0.25, 0.3) is 0 Å². The molecule has 0 N–H and O–H groups in total. The first kappa shape index (κ1) is 11.6. The van der Waals surface area contributed by atoms with Crippen LogP contribution in [0.1, 0.15) is 23.6 Å². The van der Waals surface area contributed by atoms with Gasteiger partial charge in [-0.3, -0.25) is 4.68 Å². The van der Waals surface area contributed by atoms with Gasteiger partial charge in [-0.05, 0) is 47.1 Å². The molecule has 1 heterocycles. The van der Waals surface area contributed by atoms with Crippen molar-refractivity contribution in [1.82, 2.24) is 9.78 Å². The van der Waals surface area contributed by atoms with Crippen molar-refractivity contribution in [2.75, 3.05) is 0 Å². The number of aromatic nitrogens is 2. The smallest absolute Gasteiger partial charge is 0.126 e. The topological polar surface area (TPSA) is 17.8 Å². The predicted octanol–water partition coefficient (Wildman–Crippen LogP) is 3.41. The van der Waals surface area contributed by atoms with E-state index >= 15 is 0 Å². The molecule has 1 aromatic heterocycles. The van der Waals surface area contributed by atoms with Crippen LogP contribution < -0.4 is 0 Å². The van der Waals surface area contributed by atoms with E-state index in [0.717, 1.165) is 16.7 Å². The lowest BCUT2D eigenvalue weighted by molar-refractivity contribution is 0.681. The van der Waals surface area contributed by atoms with Crippen LogP contribution in [0.5, 0.6) is 0 Å². The molecule has 0 spiro atoms. The van der Waals surface area contributed by atoms with Gasteiger partial charge in [-0.25, -0.2) is 0 Å². The van der Waals surface area contributed by atoms with Crippen LogP contribution in [-0.2, 0) is 13.0 Å². The fraction of sp³-hybridized carbons (Fsp3) is 0.308. The maximum atomic E-state index is 4.45. The molecule has 0 saturated heterocycles. The van der Waals surface area contributed by atoms with Crippen LogP contribution in [0.2, 0.25) is 0 Å². The summed E-state index contributed by atoms with van der Waals surface area (Å²) in [7, 11) is 0. The quantitative estimate of drug-likeness (QED) is 0.791. The third-order valence-electron chi connectivity index (χ3n) is 2.66. The van der Waals surface area contributed by atoms with Gasteiger partial charge in [0.1, 0.15) is 3.70 Å². The van der Waals surface area contributed by atoms with E-state index in [1.165, 1.54) is 16.7 Å². The number of benzene rings is 1. The number of rotatable bonds is 3. The van der Waals surface area contributed by atoms with Crippen molar-refractivity contribution >= 4 is 22.6 Å². The molecule has 16 heavy (non-hydrogen) atoms. The molecule has 0 aliphatic carbocycles. The lowest BCUT2D eigenvalue weighted by Crippen LogP contribution is -2.00. The molecule has 0 aliphatic heterocycles.